The summed E-state index contributed by atoms with van der Waals surface area (Å²) in [5.41, 5.74) is 4.75. The van der Waals surface area contributed by atoms with Gasteiger partial charge in [0, 0.05) is 16.4 Å². The first kappa shape index (κ1) is 14.0. The van der Waals surface area contributed by atoms with E-state index >= 15 is 0 Å². The summed E-state index contributed by atoms with van der Waals surface area (Å²) in [5.74, 6) is 0. The van der Waals surface area contributed by atoms with Gasteiger partial charge in [0.25, 0.3) is 0 Å². The molecule has 2 heteroatoms. The molecule has 0 aliphatic heterocycles. The molecule has 3 aromatic carbocycles. The zero-order valence-corrected chi connectivity index (χ0v) is 14.3. The molecule has 0 saturated carbocycles. The van der Waals surface area contributed by atoms with Crippen LogP contribution < -0.4 is 4.98 Å². The lowest BCUT2D eigenvalue weighted by molar-refractivity contribution is 0.648. The van der Waals surface area contributed by atoms with Crippen LogP contribution in [0.1, 0.15) is 12.5 Å². The Morgan fingerprint density at radius 2 is 1.62 bits per heavy atom. The lowest BCUT2D eigenvalue weighted by Gasteiger charge is -2.18. The third-order valence-corrected chi connectivity index (χ3v) is 5.56. The van der Waals surface area contributed by atoms with E-state index in [1.54, 1.807) is 0 Å². The maximum absolute atomic E-state index is 5.01. The third kappa shape index (κ3) is 1.76. The van der Waals surface area contributed by atoms with E-state index in [-0.39, 0.29) is 0 Å². The van der Waals surface area contributed by atoms with Crippen LogP contribution in [0.4, 0.5) is 0 Å². The molecule has 0 amide bonds. The molecule has 6 rings (SSSR count). The van der Waals surface area contributed by atoms with Crippen LogP contribution in [-0.4, -0.2) is 4.57 Å². The Labute approximate surface area is 151 Å². The number of hydrogen-bond acceptors (Lipinski definition) is 0. The van der Waals surface area contributed by atoms with Crippen LogP contribution in [0.5, 0.6) is 0 Å². The molecule has 1 aliphatic carbocycles. The molecular weight excluding hydrogens is 316 g/mol. The SMILES string of the molecule is C1=CCC(n2c3ccccc3c3c4[n-]c5ccccc5c4ccc32)C=C1. The van der Waals surface area contributed by atoms with E-state index < -0.39 is 0 Å². The maximum Gasteiger partial charge on any atom is 0.0560 e. The van der Waals surface area contributed by atoms with E-state index in [0.29, 0.717) is 6.04 Å². The lowest BCUT2D eigenvalue weighted by Crippen LogP contribution is -2.06. The van der Waals surface area contributed by atoms with Gasteiger partial charge in [-0.1, -0.05) is 72.8 Å². The summed E-state index contributed by atoms with van der Waals surface area (Å²) in [4.78, 5) is 5.01. The summed E-state index contributed by atoms with van der Waals surface area (Å²) in [6.07, 6.45) is 9.86. The van der Waals surface area contributed by atoms with E-state index in [0.717, 1.165) is 17.5 Å². The smallest absolute Gasteiger partial charge is 0.0560 e. The molecule has 5 aromatic rings. The summed E-state index contributed by atoms with van der Waals surface area (Å²) in [6, 6.07) is 22.0. The Kier molecular flexibility index (Phi) is 2.75. The van der Waals surface area contributed by atoms with Gasteiger partial charge in [-0.05, 0) is 34.7 Å². The van der Waals surface area contributed by atoms with Crippen molar-refractivity contribution >= 4 is 43.6 Å². The van der Waals surface area contributed by atoms with Crippen LogP contribution in [0.25, 0.3) is 43.6 Å². The first-order valence-corrected chi connectivity index (χ1v) is 9.12. The van der Waals surface area contributed by atoms with Crippen molar-refractivity contribution in [2.75, 3.05) is 0 Å². The van der Waals surface area contributed by atoms with Crippen LogP contribution in [-0.2, 0) is 0 Å². The van der Waals surface area contributed by atoms with Crippen LogP contribution in [0.15, 0.2) is 85.0 Å². The third-order valence-electron chi connectivity index (χ3n) is 5.56. The van der Waals surface area contributed by atoms with E-state index in [1.807, 2.05) is 0 Å². The van der Waals surface area contributed by atoms with Gasteiger partial charge in [0.15, 0.2) is 0 Å². The Balaban J connectivity index is 1.82. The zero-order valence-electron chi connectivity index (χ0n) is 14.3. The molecule has 0 N–H and O–H groups in total. The van der Waals surface area contributed by atoms with Crippen molar-refractivity contribution in [1.29, 1.82) is 0 Å². The van der Waals surface area contributed by atoms with Crippen molar-refractivity contribution < 1.29 is 0 Å². The average Bonchev–Trinajstić information content (AvgIpc) is 3.24. The molecule has 0 radical (unpaired) electrons. The number of aromatic nitrogens is 2. The minimum Gasteiger partial charge on any atom is -0.656 e. The molecule has 1 atom stereocenters. The molecule has 2 nitrogen and oxygen atoms in total. The zero-order chi connectivity index (χ0) is 17.1. The molecule has 26 heavy (non-hydrogen) atoms. The van der Waals surface area contributed by atoms with E-state index in [1.165, 1.54) is 32.6 Å². The standard InChI is InChI=1S/C24H17N2/c1-2-8-16(9-3-1)26-21-13-7-5-11-19(21)23-22(26)15-14-18-17-10-4-6-12-20(17)25-24(18)23/h1-8,10-16H,9H2/q-1. The van der Waals surface area contributed by atoms with Crippen molar-refractivity contribution in [3.8, 4) is 0 Å². The predicted molar refractivity (Wildman–Crippen MR) is 110 cm³/mol. The van der Waals surface area contributed by atoms with Crippen LogP contribution >= 0.6 is 0 Å². The number of fused-ring (bicyclic) bond motifs is 7. The fourth-order valence-electron chi connectivity index (χ4n) is 4.44. The van der Waals surface area contributed by atoms with Gasteiger partial charge >= 0.3 is 0 Å². The largest absolute Gasteiger partial charge is 0.656 e. The molecule has 1 aliphatic rings. The monoisotopic (exact) mass is 333 g/mol. The molecule has 2 aromatic heterocycles. The Morgan fingerprint density at radius 3 is 2.50 bits per heavy atom. The van der Waals surface area contributed by atoms with Crippen LogP contribution in [0, 0.1) is 0 Å². The highest BCUT2D eigenvalue weighted by atomic mass is 15.0. The van der Waals surface area contributed by atoms with Crippen molar-refractivity contribution in [2.24, 2.45) is 0 Å². The van der Waals surface area contributed by atoms with Crippen molar-refractivity contribution in [2.45, 2.75) is 12.5 Å². The number of allylic oxidation sites excluding steroid dienone is 4. The fourth-order valence-corrected chi connectivity index (χ4v) is 4.44. The van der Waals surface area contributed by atoms with Crippen molar-refractivity contribution in [1.82, 2.24) is 9.55 Å². The highest BCUT2D eigenvalue weighted by Gasteiger charge is 2.17. The van der Waals surface area contributed by atoms with Crippen molar-refractivity contribution in [3.63, 3.8) is 0 Å². The molecule has 124 valence electrons. The summed E-state index contributed by atoms with van der Waals surface area (Å²) in [7, 11) is 0. The number of hydrogen-bond donors (Lipinski definition) is 0. The summed E-state index contributed by atoms with van der Waals surface area (Å²) < 4.78 is 2.48. The number of para-hydroxylation sites is 2. The van der Waals surface area contributed by atoms with Gasteiger partial charge in [-0.2, -0.15) is 0 Å². The van der Waals surface area contributed by atoms with Crippen LogP contribution in [0.2, 0.25) is 0 Å². The average molecular weight is 333 g/mol. The quantitative estimate of drug-likeness (QED) is 0.362. The van der Waals surface area contributed by atoms with Gasteiger partial charge in [0.05, 0.1) is 6.04 Å². The Hall–Kier alpha value is -3.26. The predicted octanol–water partition coefficient (Wildman–Crippen LogP) is 6.12. The van der Waals surface area contributed by atoms with Gasteiger partial charge < -0.3 is 9.55 Å². The summed E-state index contributed by atoms with van der Waals surface area (Å²) >= 11 is 0. The number of benzene rings is 3. The molecule has 0 bridgehead atoms. The first-order chi connectivity index (χ1) is 12.9. The van der Waals surface area contributed by atoms with Gasteiger partial charge in [-0.25, -0.2) is 0 Å². The van der Waals surface area contributed by atoms with Gasteiger partial charge in [-0.15, -0.1) is 11.0 Å². The second kappa shape index (κ2) is 5.12. The lowest BCUT2D eigenvalue weighted by atomic mass is 10.1. The second-order valence-electron chi connectivity index (χ2n) is 6.99. The normalized spacial score (nSPS) is 17.2. The summed E-state index contributed by atoms with van der Waals surface area (Å²) in [6.45, 7) is 0. The van der Waals surface area contributed by atoms with Crippen molar-refractivity contribution in [3.05, 3.63) is 85.0 Å². The molecule has 2 heterocycles. The molecular formula is C24H17N2-. The molecule has 0 fully saturated rings. The molecule has 0 saturated heterocycles. The Bertz CT molecular complexity index is 1360. The van der Waals surface area contributed by atoms with E-state index in [9.17, 15) is 0 Å². The van der Waals surface area contributed by atoms with E-state index in [4.69, 9.17) is 4.98 Å². The first-order valence-electron chi connectivity index (χ1n) is 9.12. The minimum atomic E-state index is 0.351. The highest BCUT2D eigenvalue weighted by molar-refractivity contribution is 6.24. The van der Waals surface area contributed by atoms with Gasteiger partial charge in [-0.3, -0.25) is 0 Å². The Morgan fingerprint density at radius 1 is 0.769 bits per heavy atom. The maximum atomic E-state index is 5.01. The molecule has 1 unspecified atom stereocenters. The van der Waals surface area contributed by atoms with Gasteiger partial charge in [0.1, 0.15) is 0 Å². The van der Waals surface area contributed by atoms with Gasteiger partial charge in [0.2, 0.25) is 0 Å². The number of nitrogens with zero attached hydrogens (tertiary/aromatic N) is 2. The number of rotatable bonds is 1. The second-order valence-corrected chi connectivity index (χ2v) is 6.99. The minimum absolute atomic E-state index is 0.351. The van der Waals surface area contributed by atoms with Crippen LogP contribution in [0.3, 0.4) is 0 Å². The van der Waals surface area contributed by atoms with E-state index in [2.05, 4.69) is 89.5 Å². The molecule has 0 spiro atoms. The fraction of sp³-hybridized carbons (Fsp3) is 0.0833. The topological polar surface area (TPSA) is 19.0 Å². The highest BCUT2D eigenvalue weighted by Crippen LogP contribution is 2.39. The summed E-state index contributed by atoms with van der Waals surface area (Å²) in [5, 5.41) is 5.05.